The van der Waals surface area contributed by atoms with Gasteiger partial charge in [-0.1, -0.05) is 36.4 Å². The highest BCUT2D eigenvalue weighted by atomic mass is 16.1. The van der Waals surface area contributed by atoms with E-state index < -0.39 is 0 Å². The Bertz CT molecular complexity index is 761. The number of carbonyl (C=O) groups is 1. The second kappa shape index (κ2) is 5.01. The molecule has 1 heterocycles. The van der Waals surface area contributed by atoms with Gasteiger partial charge in [0.1, 0.15) is 5.82 Å². The van der Waals surface area contributed by atoms with Gasteiger partial charge in [-0.2, -0.15) is 0 Å². The quantitative estimate of drug-likeness (QED) is 0.746. The molecule has 3 aromatic rings. The molecule has 3 rings (SSSR count). The molecule has 0 atom stereocenters. The molecule has 1 aromatic heterocycles. The zero-order valence-electron chi connectivity index (χ0n) is 10.7. The van der Waals surface area contributed by atoms with Gasteiger partial charge in [-0.05, 0) is 29.0 Å². The maximum Gasteiger partial charge on any atom is 0.256 e. The van der Waals surface area contributed by atoms with Crippen molar-refractivity contribution in [3.05, 3.63) is 66.4 Å². The van der Waals surface area contributed by atoms with Crippen LogP contribution in [-0.2, 0) is 0 Å². The van der Waals surface area contributed by atoms with Crippen molar-refractivity contribution >= 4 is 28.2 Å². The topological polar surface area (TPSA) is 68.0 Å². The molecular formula is C16H13N3O. The first-order valence-corrected chi connectivity index (χ1v) is 6.25. The maximum atomic E-state index is 12.3. The second-order valence-electron chi connectivity index (χ2n) is 4.45. The summed E-state index contributed by atoms with van der Waals surface area (Å²) in [6.07, 6.45) is 1.54. The van der Waals surface area contributed by atoms with Crippen molar-refractivity contribution in [2.45, 2.75) is 0 Å². The van der Waals surface area contributed by atoms with Gasteiger partial charge < -0.3 is 11.1 Å². The fraction of sp³-hybridized carbons (Fsp3) is 0. The van der Waals surface area contributed by atoms with E-state index >= 15 is 0 Å². The van der Waals surface area contributed by atoms with E-state index in [1.165, 1.54) is 0 Å². The molecule has 4 heteroatoms. The number of carbonyl (C=O) groups excluding carboxylic acids is 1. The second-order valence-corrected chi connectivity index (χ2v) is 4.45. The monoisotopic (exact) mass is 263 g/mol. The average molecular weight is 263 g/mol. The number of hydrogen-bond donors (Lipinski definition) is 2. The molecule has 0 saturated heterocycles. The molecule has 4 nitrogen and oxygen atoms in total. The van der Waals surface area contributed by atoms with Crippen LogP contribution in [0, 0.1) is 0 Å². The third kappa shape index (κ3) is 2.31. The molecule has 0 unspecified atom stereocenters. The van der Waals surface area contributed by atoms with E-state index in [9.17, 15) is 4.79 Å². The molecule has 20 heavy (non-hydrogen) atoms. The first-order chi connectivity index (χ1) is 9.74. The Morgan fingerprint density at radius 1 is 1.00 bits per heavy atom. The predicted octanol–water partition coefficient (Wildman–Crippen LogP) is 3.07. The zero-order chi connectivity index (χ0) is 13.9. The van der Waals surface area contributed by atoms with Gasteiger partial charge in [-0.3, -0.25) is 4.79 Å². The van der Waals surface area contributed by atoms with Crippen molar-refractivity contribution in [1.29, 1.82) is 0 Å². The summed E-state index contributed by atoms with van der Waals surface area (Å²) in [6.45, 7) is 0. The molecule has 0 aliphatic rings. The number of aromatic nitrogens is 1. The first-order valence-electron chi connectivity index (χ1n) is 6.25. The number of nitrogen functional groups attached to an aromatic ring is 1. The SMILES string of the molecule is Nc1ccc(NC(=O)c2cccc3ccccc23)cn1. The Hall–Kier alpha value is -2.88. The lowest BCUT2D eigenvalue weighted by Gasteiger charge is -2.08. The lowest BCUT2D eigenvalue weighted by molar-refractivity contribution is 0.102. The van der Waals surface area contributed by atoms with E-state index in [0.29, 0.717) is 17.1 Å². The summed E-state index contributed by atoms with van der Waals surface area (Å²) in [5.41, 5.74) is 6.78. The Morgan fingerprint density at radius 2 is 1.80 bits per heavy atom. The van der Waals surface area contributed by atoms with Crippen molar-refractivity contribution in [1.82, 2.24) is 4.98 Å². The molecule has 2 aromatic carbocycles. The van der Waals surface area contributed by atoms with Crippen LogP contribution in [0.3, 0.4) is 0 Å². The number of nitrogens with zero attached hydrogens (tertiary/aromatic N) is 1. The van der Waals surface area contributed by atoms with E-state index in [-0.39, 0.29) is 5.91 Å². The van der Waals surface area contributed by atoms with Gasteiger partial charge >= 0.3 is 0 Å². The number of amides is 1. The van der Waals surface area contributed by atoms with E-state index in [0.717, 1.165) is 10.8 Å². The summed E-state index contributed by atoms with van der Waals surface area (Å²) in [6, 6.07) is 16.8. The fourth-order valence-corrected chi connectivity index (χ4v) is 2.10. The van der Waals surface area contributed by atoms with Crippen molar-refractivity contribution in [3.8, 4) is 0 Å². The van der Waals surface area contributed by atoms with Crippen molar-refractivity contribution in [2.24, 2.45) is 0 Å². The molecule has 0 spiro atoms. The third-order valence-electron chi connectivity index (χ3n) is 3.08. The standard InChI is InChI=1S/C16H13N3O/c17-15-9-8-12(10-18-15)19-16(20)14-7-3-5-11-4-1-2-6-13(11)14/h1-10H,(H2,17,18)(H,19,20). The van der Waals surface area contributed by atoms with Crippen LogP contribution in [0.5, 0.6) is 0 Å². The van der Waals surface area contributed by atoms with Crippen LogP contribution >= 0.6 is 0 Å². The summed E-state index contributed by atoms with van der Waals surface area (Å²) in [4.78, 5) is 16.3. The van der Waals surface area contributed by atoms with Crippen molar-refractivity contribution in [3.63, 3.8) is 0 Å². The summed E-state index contributed by atoms with van der Waals surface area (Å²) < 4.78 is 0. The molecule has 0 aliphatic heterocycles. The van der Waals surface area contributed by atoms with Crippen LogP contribution in [0.25, 0.3) is 10.8 Å². The molecule has 1 amide bonds. The Kier molecular flexibility index (Phi) is 3.05. The third-order valence-corrected chi connectivity index (χ3v) is 3.08. The molecule has 0 fully saturated rings. The molecule has 0 radical (unpaired) electrons. The number of benzene rings is 2. The smallest absolute Gasteiger partial charge is 0.256 e. The minimum absolute atomic E-state index is 0.159. The minimum atomic E-state index is -0.159. The summed E-state index contributed by atoms with van der Waals surface area (Å²) in [7, 11) is 0. The molecular weight excluding hydrogens is 250 g/mol. The van der Waals surface area contributed by atoms with E-state index in [4.69, 9.17) is 5.73 Å². The molecule has 0 aliphatic carbocycles. The number of hydrogen-bond acceptors (Lipinski definition) is 3. The Labute approximate surface area is 116 Å². The number of nitrogens with two attached hydrogens (primary N) is 1. The Balaban J connectivity index is 1.94. The van der Waals surface area contributed by atoms with Gasteiger partial charge in [0.05, 0.1) is 11.9 Å². The molecule has 0 bridgehead atoms. The van der Waals surface area contributed by atoms with Crippen LogP contribution in [0.1, 0.15) is 10.4 Å². The Morgan fingerprint density at radius 3 is 2.60 bits per heavy atom. The highest BCUT2D eigenvalue weighted by Crippen LogP contribution is 2.19. The zero-order valence-corrected chi connectivity index (χ0v) is 10.7. The normalized spacial score (nSPS) is 10.4. The molecule has 98 valence electrons. The fourth-order valence-electron chi connectivity index (χ4n) is 2.10. The lowest BCUT2D eigenvalue weighted by Crippen LogP contribution is -2.12. The summed E-state index contributed by atoms with van der Waals surface area (Å²) >= 11 is 0. The molecule has 3 N–H and O–H groups in total. The van der Waals surface area contributed by atoms with Gasteiger partial charge in [0.2, 0.25) is 0 Å². The van der Waals surface area contributed by atoms with Gasteiger partial charge in [-0.15, -0.1) is 0 Å². The number of pyridine rings is 1. The largest absolute Gasteiger partial charge is 0.384 e. The van der Waals surface area contributed by atoms with E-state index in [2.05, 4.69) is 10.3 Å². The van der Waals surface area contributed by atoms with Gasteiger partial charge in [-0.25, -0.2) is 4.98 Å². The number of fused-ring (bicyclic) bond motifs is 1. The number of nitrogens with one attached hydrogen (secondary N) is 1. The van der Waals surface area contributed by atoms with Gasteiger partial charge in [0, 0.05) is 5.56 Å². The summed E-state index contributed by atoms with van der Waals surface area (Å²) in [5, 5.41) is 4.78. The van der Waals surface area contributed by atoms with E-state index in [1.54, 1.807) is 18.3 Å². The average Bonchev–Trinajstić information content (AvgIpc) is 2.49. The van der Waals surface area contributed by atoms with E-state index in [1.807, 2.05) is 42.5 Å². The van der Waals surface area contributed by atoms with Gasteiger partial charge in [0.25, 0.3) is 5.91 Å². The maximum absolute atomic E-state index is 12.3. The first kappa shape index (κ1) is 12.2. The predicted molar refractivity (Wildman–Crippen MR) is 80.6 cm³/mol. The van der Waals surface area contributed by atoms with Crippen LogP contribution in [-0.4, -0.2) is 10.9 Å². The van der Waals surface area contributed by atoms with Crippen molar-refractivity contribution < 1.29 is 4.79 Å². The number of rotatable bonds is 2. The lowest BCUT2D eigenvalue weighted by atomic mass is 10.0. The van der Waals surface area contributed by atoms with Crippen molar-refractivity contribution in [2.75, 3.05) is 11.1 Å². The number of anilines is 2. The highest BCUT2D eigenvalue weighted by molar-refractivity contribution is 6.12. The van der Waals surface area contributed by atoms with Gasteiger partial charge in [0.15, 0.2) is 0 Å². The molecule has 0 saturated carbocycles. The minimum Gasteiger partial charge on any atom is -0.384 e. The summed E-state index contributed by atoms with van der Waals surface area (Å²) in [5.74, 6) is 0.265. The van der Waals surface area contributed by atoms with Crippen LogP contribution in [0.2, 0.25) is 0 Å². The van der Waals surface area contributed by atoms with Crippen LogP contribution in [0.15, 0.2) is 60.8 Å². The van der Waals surface area contributed by atoms with Crippen LogP contribution < -0.4 is 11.1 Å². The van der Waals surface area contributed by atoms with Crippen LogP contribution in [0.4, 0.5) is 11.5 Å². The highest BCUT2D eigenvalue weighted by Gasteiger charge is 2.09.